The lowest BCUT2D eigenvalue weighted by Crippen LogP contribution is -2.39. The molecule has 35 heavy (non-hydrogen) atoms. The first-order chi connectivity index (χ1) is 17.1. The van der Waals surface area contributed by atoms with Crippen LogP contribution in [0.2, 0.25) is 0 Å². The lowest BCUT2D eigenvalue weighted by molar-refractivity contribution is 0.0904. The van der Waals surface area contributed by atoms with Gasteiger partial charge in [0.1, 0.15) is 6.04 Å². The Bertz CT molecular complexity index is 1440. The van der Waals surface area contributed by atoms with Crippen molar-refractivity contribution in [3.8, 4) is 0 Å². The zero-order valence-electron chi connectivity index (χ0n) is 20.2. The van der Waals surface area contributed by atoms with Crippen LogP contribution < -0.4 is 5.56 Å². The molecule has 0 spiro atoms. The number of H-pyrrole nitrogens is 1. The summed E-state index contributed by atoms with van der Waals surface area (Å²) >= 11 is 0. The number of nitrogens with one attached hydrogen (secondary N) is 1. The third kappa shape index (κ3) is 4.06. The summed E-state index contributed by atoms with van der Waals surface area (Å²) in [5, 5.41) is 13.8. The van der Waals surface area contributed by atoms with Crippen molar-refractivity contribution in [3.05, 3.63) is 86.5 Å². The molecule has 8 heteroatoms. The van der Waals surface area contributed by atoms with Gasteiger partial charge in [-0.05, 0) is 77.2 Å². The third-order valence-corrected chi connectivity index (χ3v) is 7.60. The minimum absolute atomic E-state index is 0.0956. The number of fused-ring (bicyclic) bond motifs is 2. The molecular formula is C27H30N6O2. The van der Waals surface area contributed by atoms with Crippen molar-refractivity contribution in [1.29, 1.82) is 0 Å². The molecule has 8 nitrogen and oxygen atoms in total. The van der Waals surface area contributed by atoms with Gasteiger partial charge in [0, 0.05) is 25.3 Å². The van der Waals surface area contributed by atoms with Crippen molar-refractivity contribution in [2.45, 2.75) is 58.3 Å². The molecule has 2 aromatic carbocycles. The van der Waals surface area contributed by atoms with Crippen LogP contribution in [0, 0.1) is 13.8 Å². The van der Waals surface area contributed by atoms with Crippen LogP contribution in [0.1, 0.15) is 52.5 Å². The molecule has 180 valence electrons. The molecule has 1 saturated heterocycles. The van der Waals surface area contributed by atoms with E-state index in [9.17, 15) is 4.79 Å². The van der Waals surface area contributed by atoms with Gasteiger partial charge in [-0.25, -0.2) is 4.68 Å². The van der Waals surface area contributed by atoms with E-state index in [1.165, 1.54) is 11.1 Å². The van der Waals surface area contributed by atoms with Crippen LogP contribution in [0.5, 0.6) is 0 Å². The van der Waals surface area contributed by atoms with Crippen LogP contribution in [0.4, 0.5) is 0 Å². The number of aromatic nitrogens is 5. The molecule has 0 aliphatic carbocycles. The predicted octanol–water partition coefficient (Wildman–Crippen LogP) is 3.46. The average Bonchev–Trinajstić information content (AvgIpc) is 3.55. The maximum Gasteiger partial charge on any atom is 0.253 e. The summed E-state index contributed by atoms with van der Waals surface area (Å²) in [6, 6.07) is 14.4. The van der Waals surface area contributed by atoms with Crippen molar-refractivity contribution in [2.75, 3.05) is 13.2 Å². The molecule has 0 radical (unpaired) electrons. The van der Waals surface area contributed by atoms with Crippen LogP contribution in [0.15, 0.2) is 47.3 Å². The largest absolute Gasteiger partial charge is 0.376 e. The number of tetrazole rings is 1. The second kappa shape index (κ2) is 9.02. The van der Waals surface area contributed by atoms with E-state index in [-0.39, 0.29) is 17.7 Å². The molecule has 0 saturated carbocycles. The van der Waals surface area contributed by atoms with Gasteiger partial charge >= 0.3 is 0 Å². The van der Waals surface area contributed by atoms with Crippen LogP contribution >= 0.6 is 0 Å². The molecule has 2 aliphatic rings. The second-order valence-electron chi connectivity index (χ2n) is 9.77. The van der Waals surface area contributed by atoms with E-state index in [0.717, 1.165) is 61.0 Å². The fourth-order valence-corrected chi connectivity index (χ4v) is 5.50. The minimum Gasteiger partial charge on any atom is -0.376 e. The van der Waals surface area contributed by atoms with Gasteiger partial charge in [0.2, 0.25) is 0 Å². The number of nitrogens with zero attached hydrogens (tertiary/aromatic N) is 5. The third-order valence-electron chi connectivity index (χ3n) is 7.60. The number of hydrogen-bond acceptors (Lipinski definition) is 6. The van der Waals surface area contributed by atoms with E-state index < -0.39 is 0 Å². The van der Waals surface area contributed by atoms with Crippen LogP contribution in [-0.4, -0.2) is 49.3 Å². The first kappa shape index (κ1) is 22.1. The zero-order chi connectivity index (χ0) is 23.9. The number of hydrogen-bond donors (Lipinski definition) is 1. The summed E-state index contributed by atoms with van der Waals surface area (Å²) in [5.74, 6) is 0.688. The molecule has 2 aromatic heterocycles. The van der Waals surface area contributed by atoms with Gasteiger partial charge in [0.25, 0.3) is 5.56 Å². The van der Waals surface area contributed by atoms with E-state index >= 15 is 0 Å². The molecule has 1 fully saturated rings. The summed E-state index contributed by atoms with van der Waals surface area (Å²) in [5.41, 5.74) is 6.36. The Morgan fingerprint density at radius 2 is 2.03 bits per heavy atom. The number of benzene rings is 2. The maximum atomic E-state index is 13.6. The summed E-state index contributed by atoms with van der Waals surface area (Å²) < 4.78 is 7.71. The Kier molecular flexibility index (Phi) is 5.70. The average molecular weight is 471 g/mol. The first-order valence-corrected chi connectivity index (χ1v) is 12.4. The van der Waals surface area contributed by atoms with E-state index in [1.54, 1.807) is 0 Å². The zero-order valence-corrected chi connectivity index (χ0v) is 20.2. The smallest absolute Gasteiger partial charge is 0.253 e. The molecule has 0 unspecified atom stereocenters. The lowest BCUT2D eigenvalue weighted by atomic mass is 9.95. The molecule has 4 heterocycles. The van der Waals surface area contributed by atoms with Gasteiger partial charge in [-0.1, -0.05) is 36.4 Å². The van der Waals surface area contributed by atoms with Crippen LogP contribution in [0.25, 0.3) is 10.9 Å². The molecule has 4 aromatic rings. The van der Waals surface area contributed by atoms with Gasteiger partial charge < -0.3 is 9.72 Å². The van der Waals surface area contributed by atoms with E-state index in [1.807, 2.05) is 10.7 Å². The standard InChI is InChI=1S/C27H30N6O2/c1-17-9-10-20-14-23(27(34)28-24(20)18(17)2)25(32-12-11-19-6-3-4-7-21(19)15-32)26-29-30-31-33(26)16-22-8-5-13-35-22/h3-4,6-7,9-10,14,22,25H,5,8,11-13,15-16H2,1-2H3,(H,28,34)/t22-,25-/m0/s1. The predicted molar refractivity (Wildman–Crippen MR) is 133 cm³/mol. The number of pyridine rings is 1. The van der Waals surface area contributed by atoms with E-state index in [4.69, 9.17) is 4.74 Å². The Balaban J connectivity index is 1.47. The highest BCUT2D eigenvalue weighted by Crippen LogP contribution is 2.32. The Morgan fingerprint density at radius 3 is 2.86 bits per heavy atom. The topological polar surface area (TPSA) is 88.9 Å². The van der Waals surface area contributed by atoms with Crippen molar-refractivity contribution < 1.29 is 4.74 Å². The summed E-state index contributed by atoms with van der Waals surface area (Å²) in [4.78, 5) is 19.1. The van der Waals surface area contributed by atoms with Crippen molar-refractivity contribution in [1.82, 2.24) is 30.1 Å². The first-order valence-electron chi connectivity index (χ1n) is 12.4. The molecule has 6 rings (SSSR count). The van der Waals surface area contributed by atoms with Crippen LogP contribution in [0.3, 0.4) is 0 Å². The van der Waals surface area contributed by atoms with Crippen LogP contribution in [-0.2, 0) is 24.2 Å². The highest BCUT2D eigenvalue weighted by Gasteiger charge is 2.33. The van der Waals surface area contributed by atoms with Gasteiger partial charge in [-0.15, -0.1) is 5.10 Å². The van der Waals surface area contributed by atoms with Gasteiger partial charge in [-0.2, -0.15) is 0 Å². The minimum atomic E-state index is -0.366. The molecule has 0 amide bonds. The van der Waals surface area contributed by atoms with Gasteiger partial charge in [0.15, 0.2) is 5.82 Å². The molecule has 0 bridgehead atoms. The molecule has 2 atom stereocenters. The number of aromatic amines is 1. The Labute approximate surface area is 203 Å². The Hall–Kier alpha value is -3.36. The number of aryl methyl sites for hydroxylation is 2. The summed E-state index contributed by atoms with van der Waals surface area (Å²) in [6.07, 6.45) is 3.07. The van der Waals surface area contributed by atoms with Gasteiger partial charge in [-0.3, -0.25) is 9.69 Å². The molecule has 2 aliphatic heterocycles. The SMILES string of the molecule is Cc1ccc2cc([C@@H](c3nnnn3C[C@@H]3CCCO3)N3CCc4ccccc4C3)c(=O)[nH]c2c1C. The molecule has 1 N–H and O–H groups in total. The monoisotopic (exact) mass is 470 g/mol. The lowest BCUT2D eigenvalue weighted by Gasteiger charge is -2.35. The highest BCUT2D eigenvalue weighted by atomic mass is 16.5. The maximum absolute atomic E-state index is 13.6. The normalized spacial score (nSPS) is 19.2. The van der Waals surface area contributed by atoms with E-state index in [2.05, 4.69) is 75.7 Å². The number of rotatable bonds is 5. The second-order valence-corrected chi connectivity index (χ2v) is 9.77. The quantitative estimate of drug-likeness (QED) is 0.481. The molecular weight excluding hydrogens is 440 g/mol. The fraction of sp³-hybridized carbons (Fsp3) is 0.407. The van der Waals surface area contributed by atoms with Gasteiger partial charge in [0.05, 0.1) is 18.2 Å². The Morgan fingerprint density at radius 1 is 1.17 bits per heavy atom. The van der Waals surface area contributed by atoms with E-state index in [0.29, 0.717) is 17.9 Å². The van der Waals surface area contributed by atoms with Crippen molar-refractivity contribution >= 4 is 10.9 Å². The summed E-state index contributed by atoms with van der Waals surface area (Å²) in [6.45, 7) is 7.03. The summed E-state index contributed by atoms with van der Waals surface area (Å²) in [7, 11) is 0. The van der Waals surface area contributed by atoms with Crippen molar-refractivity contribution in [2.24, 2.45) is 0 Å². The van der Waals surface area contributed by atoms with Crippen molar-refractivity contribution in [3.63, 3.8) is 0 Å². The number of ether oxygens (including phenoxy) is 1. The fourth-order valence-electron chi connectivity index (χ4n) is 5.50. The highest BCUT2D eigenvalue weighted by molar-refractivity contribution is 5.83.